The van der Waals surface area contributed by atoms with Crippen molar-refractivity contribution in [3.05, 3.63) is 35.9 Å². The van der Waals surface area contributed by atoms with Crippen LogP contribution in [-0.4, -0.2) is 24.8 Å². The van der Waals surface area contributed by atoms with E-state index in [2.05, 4.69) is 4.72 Å². The summed E-state index contributed by atoms with van der Waals surface area (Å²) >= 11 is 0. The first kappa shape index (κ1) is 14.2. The van der Waals surface area contributed by atoms with E-state index in [1.165, 1.54) is 0 Å². The molecule has 0 radical (unpaired) electrons. The first-order chi connectivity index (χ1) is 7.70. The summed E-state index contributed by atoms with van der Waals surface area (Å²) in [4.78, 5) is 0. The molecule has 2 N–H and O–H groups in total. The van der Waals surface area contributed by atoms with Gasteiger partial charge in [0, 0.05) is 5.54 Å². The molecule has 0 aliphatic heterocycles. The first-order valence-corrected chi connectivity index (χ1v) is 7.09. The Morgan fingerprint density at radius 2 is 1.76 bits per heavy atom. The predicted octanol–water partition coefficient (Wildman–Crippen LogP) is 1.44. The third-order valence-electron chi connectivity index (χ3n) is 2.02. The average molecular weight is 257 g/mol. The number of aliphatic hydroxyl groups is 1. The van der Waals surface area contributed by atoms with Crippen LogP contribution in [0.3, 0.4) is 0 Å². The summed E-state index contributed by atoms with van der Waals surface area (Å²) in [5.74, 6) is -0.325. The van der Waals surface area contributed by atoms with Gasteiger partial charge in [0.15, 0.2) is 0 Å². The van der Waals surface area contributed by atoms with Crippen LogP contribution >= 0.6 is 0 Å². The summed E-state index contributed by atoms with van der Waals surface area (Å²) in [6.07, 6.45) is -1.00. The second-order valence-electron chi connectivity index (χ2n) is 5.06. The van der Waals surface area contributed by atoms with Gasteiger partial charge in [0.05, 0.1) is 11.9 Å². The zero-order valence-corrected chi connectivity index (χ0v) is 11.2. The van der Waals surface area contributed by atoms with E-state index < -0.39 is 21.7 Å². The maximum Gasteiger partial charge on any atom is 0.214 e. The molecule has 96 valence electrons. The first-order valence-electron chi connectivity index (χ1n) is 5.44. The van der Waals surface area contributed by atoms with Crippen LogP contribution < -0.4 is 4.72 Å². The topological polar surface area (TPSA) is 66.4 Å². The molecule has 1 aromatic carbocycles. The Morgan fingerprint density at radius 1 is 1.24 bits per heavy atom. The van der Waals surface area contributed by atoms with Gasteiger partial charge >= 0.3 is 0 Å². The van der Waals surface area contributed by atoms with E-state index in [-0.39, 0.29) is 5.75 Å². The van der Waals surface area contributed by atoms with Crippen LogP contribution in [0.5, 0.6) is 0 Å². The van der Waals surface area contributed by atoms with Crippen LogP contribution in [0, 0.1) is 0 Å². The lowest BCUT2D eigenvalue weighted by Gasteiger charge is -2.21. The van der Waals surface area contributed by atoms with E-state index in [0.717, 1.165) is 0 Å². The third kappa shape index (κ3) is 5.30. The lowest BCUT2D eigenvalue weighted by Crippen LogP contribution is -2.42. The van der Waals surface area contributed by atoms with Gasteiger partial charge < -0.3 is 5.11 Å². The predicted molar refractivity (Wildman–Crippen MR) is 68.1 cm³/mol. The molecule has 4 nitrogen and oxygen atoms in total. The van der Waals surface area contributed by atoms with Gasteiger partial charge in [-0.05, 0) is 26.3 Å². The van der Waals surface area contributed by atoms with Crippen molar-refractivity contribution in [1.29, 1.82) is 0 Å². The van der Waals surface area contributed by atoms with Crippen molar-refractivity contribution in [3.8, 4) is 0 Å². The fourth-order valence-corrected chi connectivity index (χ4v) is 3.11. The molecule has 1 aromatic rings. The molecule has 0 fully saturated rings. The summed E-state index contributed by atoms with van der Waals surface area (Å²) in [5, 5.41) is 9.83. The smallest absolute Gasteiger partial charge is 0.214 e. The van der Waals surface area contributed by atoms with Gasteiger partial charge in [-0.2, -0.15) is 0 Å². The van der Waals surface area contributed by atoms with Gasteiger partial charge in [-0.1, -0.05) is 30.3 Å². The van der Waals surface area contributed by atoms with Gasteiger partial charge in [-0.3, -0.25) is 0 Å². The molecule has 0 heterocycles. The molecule has 1 rings (SSSR count). The van der Waals surface area contributed by atoms with Gasteiger partial charge in [0.25, 0.3) is 0 Å². The minimum atomic E-state index is -3.49. The van der Waals surface area contributed by atoms with Crippen molar-refractivity contribution in [2.75, 3.05) is 5.75 Å². The molecular formula is C12H19NO3S. The van der Waals surface area contributed by atoms with E-state index >= 15 is 0 Å². The van der Waals surface area contributed by atoms with E-state index in [1.807, 2.05) is 6.07 Å². The van der Waals surface area contributed by atoms with Crippen molar-refractivity contribution < 1.29 is 13.5 Å². The van der Waals surface area contributed by atoms with E-state index in [9.17, 15) is 13.5 Å². The minimum absolute atomic E-state index is 0.325. The Hall–Kier alpha value is -0.910. The number of aliphatic hydroxyl groups excluding tert-OH is 1. The van der Waals surface area contributed by atoms with Gasteiger partial charge in [-0.15, -0.1) is 0 Å². The minimum Gasteiger partial charge on any atom is -0.387 e. The average Bonchev–Trinajstić information content (AvgIpc) is 2.14. The molecule has 0 saturated carbocycles. The molecule has 0 aliphatic carbocycles. The fourth-order valence-electron chi connectivity index (χ4n) is 1.49. The molecular weight excluding hydrogens is 238 g/mol. The summed E-state index contributed by atoms with van der Waals surface area (Å²) in [5.41, 5.74) is 0.0710. The second-order valence-corrected chi connectivity index (χ2v) is 6.83. The highest BCUT2D eigenvalue weighted by Gasteiger charge is 2.23. The number of nitrogens with one attached hydrogen (secondary N) is 1. The van der Waals surface area contributed by atoms with Crippen molar-refractivity contribution in [2.24, 2.45) is 0 Å². The highest BCUT2D eigenvalue weighted by molar-refractivity contribution is 7.89. The Labute approximate surface area is 103 Å². The third-order valence-corrected chi connectivity index (χ3v) is 3.70. The van der Waals surface area contributed by atoms with Crippen LogP contribution in [0.4, 0.5) is 0 Å². The molecule has 17 heavy (non-hydrogen) atoms. The summed E-state index contributed by atoms with van der Waals surface area (Å²) in [6.45, 7) is 5.29. The number of rotatable bonds is 4. The Balaban J connectivity index is 2.72. The van der Waals surface area contributed by atoms with Gasteiger partial charge in [0.2, 0.25) is 10.0 Å². The largest absolute Gasteiger partial charge is 0.387 e. The molecule has 1 atom stereocenters. The Morgan fingerprint density at radius 3 is 2.24 bits per heavy atom. The zero-order chi connectivity index (χ0) is 13.1. The molecule has 0 aliphatic rings. The van der Waals surface area contributed by atoms with Gasteiger partial charge in [0.1, 0.15) is 0 Å². The lowest BCUT2D eigenvalue weighted by molar-refractivity contribution is 0.201. The van der Waals surface area contributed by atoms with Crippen LogP contribution in [0.15, 0.2) is 30.3 Å². The zero-order valence-electron chi connectivity index (χ0n) is 10.3. The second kappa shape index (κ2) is 5.16. The van der Waals surface area contributed by atoms with Gasteiger partial charge in [-0.25, -0.2) is 13.1 Å². The number of hydrogen-bond acceptors (Lipinski definition) is 3. The molecule has 0 amide bonds. The molecule has 0 spiro atoms. The number of hydrogen-bond donors (Lipinski definition) is 2. The maximum absolute atomic E-state index is 11.8. The molecule has 0 aromatic heterocycles. The van der Waals surface area contributed by atoms with E-state index in [4.69, 9.17) is 0 Å². The Bertz CT molecular complexity index is 448. The highest BCUT2D eigenvalue weighted by Crippen LogP contribution is 2.15. The number of benzene rings is 1. The molecule has 0 saturated heterocycles. The lowest BCUT2D eigenvalue weighted by atomic mass is 10.1. The number of sulfonamides is 1. The molecule has 0 bridgehead atoms. The normalized spacial score (nSPS) is 14.6. The SMILES string of the molecule is CC(C)(C)NS(=O)(=O)C[C@@H](O)c1ccccc1. The van der Waals surface area contributed by atoms with Crippen LogP contribution in [0.2, 0.25) is 0 Å². The van der Waals surface area contributed by atoms with Crippen LogP contribution in [0.25, 0.3) is 0 Å². The summed E-state index contributed by atoms with van der Waals surface area (Å²) in [7, 11) is -3.49. The van der Waals surface area contributed by atoms with E-state index in [1.54, 1.807) is 45.0 Å². The van der Waals surface area contributed by atoms with E-state index in [0.29, 0.717) is 5.56 Å². The molecule has 5 heteroatoms. The Kier molecular flexibility index (Phi) is 4.30. The van der Waals surface area contributed by atoms with Crippen molar-refractivity contribution in [1.82, 2.24) is 4.72 Å². The standard InChI is InChI=1S/C12H19NO3S/c1-12(2,3)13-17(15,16)9-11(14)10-7-5-4-6-8-10/h4-8,11,13-14H,9H2,1-3H3/t11-/m1/s1. The van der Waals surface area contributed by atoms with Crippen LogP contribution in [0.1, 0.15) is 32.4 Å². The van der Waals surface area contributed by atoms with Crippen molar-refractivity contribution in [2.45, 2.75) is 32.4 Å². The fraction of sp³-hybridized carbons (Fsp3) is 0.500. The van der Waals surface area contributed by atoms with Crippen molar-refractivity contribution >= 4 is 10.0 Å². The summed E-state index contributed by atoms with van der Waals surface area (Å²) in [6, 6.07) is 8.76. The monoisotopic (exact) mass is 257 g/mol. The molecule has 0 unspecified atom stereocenters. The maximum atomic E-state index is 11.8. The van der Waals surface area contributed by atoms with Crippen LogP contribution in [-0.2, 0) is 10.0 Å². The highest BCUT2D eigenvalue weighted by atomic mass is 32.2. The van der Waals surface area contributed by atoms with Crippen molar-refractivity contribution in [3.63, 3.8) is 0 Å². The quantitative estimate of drug-likeness (QED) is 0.857. The summed E-state index contributed by atoms with van der Waals surface area (Å²) < 4.78 is 26.0.